The van der Waals surface area contributed by atoms with Crippen LogP contribution in [0.15, 0.2) is 0 Å². The monoisotopic (exact) mass is 216 g/mol. The van der Waals surface area contributed by atoms with Crippen LogP contribution in [0.2, 0.25) is 0 Å². The van der Waals surface area contributed by atoms with Gasteiger partial charge in [0.1, 0.15) is 4.84 Å². The molecular formula is C8H15Cl3. The van der Waals surface area contributed by atoms with Crippen LogP contribution in [0.4, 0.5) is 0 Å². The lowest BCUT2D eigenvalue weighted by Crippen LogP contribution is -2.19. The van der Waals surface area contributed by atoms with Crippen molar-refractivity contribution in [2.24, 2.45) is 0 Å². The molecule has 0 spiro atoms. The minimum atomic E-state index is -0.339. The van der Waals surface area contributed by atoms with Gasteiger partial charge in [0, 0.05) is 4.87 Å². The summed E-state index contributed by atoms with van der Waals surface area (Å²) in [7, 11) is 0. The van der Waals surface area contributed by atoms with Crippen LogP contribution < -0.4 is 0 Å². The number of rotatable bonds is 5. The second kappa shape index (κ2) is 5.50. The number of hydrogen-bond donors (Lipinski definition) is 0. The highest BCUT2D eigenvalue weighted by atomic mass is 35.5. The second-order valence-corrected chi connectivity index (χ2v) is 5.30. The maximum Gasteiger partial charge on any atom is 0.109 e. The van der Waals surface area contributed by atoms with E-state index >= 15 is 0 Å². The van der Waals surface area contributed by atoms with Crippen molar-refractivity contribution >= 4 is 34.8 Å². The van der Waals surface area contributed by atoms with Crippen LogP contribution in [-0.2, 0) is 0 Å². The lowest BCUT2D eigenvalue weighted by Gasteiger charge is -2.21. The van der Waals surface area contributed by atoms with E-state index in [9.17, 15) is 0 Å². The highest BCUT2D eigenvalue weighted by Crippen LogP contribution is 2.30. The fourth-order valence-electron chi connectivity index (χ4n) is 0.969. The lowest BCUT2D eigenvalue weighted by molar-refractivity contribution is 0.522. The van der Waals surface area contributed by atoms with Crippen LogP contribution in [0.1, 0.15) is 39.5 Å². The van der Waals surface area contributed by atoms with Crippen LogP contribution in [0.25, 0.3) is 0 Å². The minimum absolute atomic E-state index is 0.218. The first-order chi connectivity index (χ1) is 4.98. The Kier molecular flexibility index (Phi) is 5.94. The molecular weight excluding hydrogens is 202 g/mol. The Morgan fingerprint density at radius 3 is 2.27 bits per heavy atom. The van der Waals surface area contributed by atoms with Gasteiger partial charge in [0.15, 0.2) is 0 Å². The van der Waals surface area contributed by atoms with Crippen LogP contribution in [0.5, 0.6) is 0 Å². The second-order valence-electron chi connectivity index (χ2n) is 3.11. The molecule has 0 aliphatic heterocycles. The molecule has 11 heavy (non-hydrogen) atoms. The molecule has 0 radical (unpaired) electrons. The first-order valence-electron chi connectivity index (χ1n) is 3.95. The molecule has 0 fully saturated rings. The number of hydrogen-bond acceptors (Lipinski definition) is 0. The van der Waals surface area contributed by atoms with Gasteiger partial charge >= 0.3 is 0 Å². The van der Waals surface area contributed by atoms with Crippen molar-refractivity contribution in [3.8, 4) is 0 Å². The van der Waals surface area contributed by atoms with Gasteiger partial charge in [-0.05, 0) is 19.8 Å². The van der Waals surface area contributed by atoms with E-state index in [0.29, 0.717) is 6.42 Å². The first-order valence-corrected chi connectivity index (χ1v) is 5.20. The summed E-state index contributed by atoms with van der Waals surface area (Å²) in [5.74, 6) is 0. The van der Waals surface area contributed by atoms with Gasteiger partial charge in [0.2, 0.25) is 0 Å². The summed E-state index contributed by atoms with van der Waals surface area (Å²) < 4.78 is 0. The smallest absolute Gasteiger partial charge is 0.109 e. The molecule has 0 aromatic rings. The quantitative estimate of drug-likeness (QED) is 0.600. The van der Waals surface area contributed by atoms with Gasteiger partial charge in [0.05, 0.1) is 0 Å². The van der Waals surface area contributed by atoms with E-state index in [4.69, 9.17) is 34.8 Å². The average molecular weight is 218 g/mol. The van der Waals surface area contributed by atoms with Crippen molar-refractivity contribution < 1.29 is 0 Å². The van der Waals surface area contributed by atoms with E-state index in [1.165, 1.54) is 0 Å². The van der Waals surface area contributed by atoms with Gasteiger partial charge in [-0.2, -0.15) is 0 Å². The van der Waals surface area contributed by atoms with Crippen molar-refractivity contribution in [2.45, 2.75) is 49.2 Å². The summed E-state index contributed by atoms with van der Waals surface area (Å²) in [4.78, 5) is -0.557. The van der Waals surface area contributed by atoms with Crippen LogP contribution in [0.3, 0.4) is 0 Å². The zero-order chi connectivity index (χ0) is 8.91. The summed E-state index contributed by atoms with van der Waals surface area (Å²) in [6.07, 6.45) is 3.96. The summed E-state index contributed by atoms with van der Waals surface area (Å²) >= 11 is 17.4. The Bertz CT molecular complexity index is 99.5. The van der Waals surface area contributed by atoms with Crippen molar-refractivity contribution in [1.29, 1.82) is 0 Å². The molecule has 0 N–H and O–H groups in total. The molecule has 0 rings (SSSR count). The third-order valence-electron chi connectivity index (χ3n) is 1.63. The zero-order valence-corrected chi connectivity index (χ0v) is 9.31. The van der Waals surface area contributed by atoms with E-state index in [2.05, 4.69) is 6.92 Å². The molecule has 0 saturated heterocycles. The van der Waals surface area contributed by atoms with Crippen molar-refractivity contribution in [1.82, 2.24) is 0 Å². The molecule has 0 aromatic heterocycles. The van der Waals surface area contributed by atoms with Crippen LogP contribution in [0, 0.1) is 0 Å². The number of unbranched alkanes of at least 4 members (excludes halogenated alkanes) is 1. The molecule has 0 aromatic carbocycles. The van der Waals surface area contributed by atoms with E-state index in [0.717, 1.165) is 19.3 Å². The molecule has 0 amide bonds. The van der Waals surface area contributed by atoms with E-state index < -0.39 is 0 Å². The third-order valence-corrected chi connectivity index (χ3v) is 2.28. The van der Waals surface area contributed by atoms with Crippen LogP contribution in [-0.4, -0.2) is 9.71 Å². The standard InChI is InChI=1S/C8H15Cl3/c1-3-4-5-8(2,11)6-7(9)10/h7H,3-6H2,1-2H3. The summed E-state index contributed by atoms with van der Waals surface area (Å²) in [6.45, 7) is 4.13. The summed E-state index contributed by atoms with van der Waals surface area (Å²) in [6, 6.07) is 0. The maximum atomic E-state index is 6.14. The average Bonchev–Trinajstić information content (AvgIpc) is 1.81. The summed E-state index contributed by atoms with van der Waals surface area (Å²) in [5.41, 5.74) is 0. The van der Waals surface area contributed by atoms with Crippen LogP contribution >= 0.6 is 34.8 Å². The Morgan fingerprint density at radius 1 is 1.36 bits per heavy atom. The molecule has 68 valence electrons. The maximum absolute atomic E-state index is 6.14. The van der Waals surface area contributed by atoms with E-state index in [-0.39, 0.29) is 9.71 Å². The van der Waals surface area contributed by atoms with E-state index in [1.807, 2.05) is 6.92 Å². The molecule has 1 unspecified atom stereocenters. The largest absolute Gasteiger partial charge is 0.120 e. The van der Waals surface area contributed by atoms with Gasteiger partial charge in [-0.1, -0.05) is 19.8 Å². The van der Waals surface area contributed by atoms with Gasteiger partial charge < -0.3 is 0 Å². The zero-order valence-electron chi connectivity index (χ0n) is 7.04. The predicted molar refractivity (Wildman–Crippen MR) is 53.9 cm³/mol. The Labute approximate surface area is 84.2 Å². The highest BCUT2D eigenvalue weighted by Gasteiger charge is 2.22. The molecule has 0 aliphatic rings. The van der Waals surface area contributed by atoms with Gasteiger partial charge in [-0.15, -0.1) is 34.8 Å². The number of halogens is 3. The predicted octanol–water partition coefficient (Wildman–Crippen LogP) is 4.37. The van der Waals surface area contributed by atoms with Crippen molar-refractivity contribution in [2.75, 3.05) is 0 Å². The molecule has 0 aliphatic carbocycles. The van der Waals surface area contributed by atoms with Gasteiger partial charge in [-0.25, -0.2) is 0 Å². The summed E-state index contributed by atoms with van der Waals surface area (Å²) in [5, 5.41) is 0. The minimum Gasteiger partial charge on any atom is -0.120 e. The molecule has 0 saturated carbocycles. The SMILES string of the molecule is CCCCC(C)(Cl)CC(Cl)Cl. The fraction of sp³-hybridized carbons (Fsp3) is 1.00. The molecule has 0 nitrogen and oxygen atoms in total. The molecule has 0 heterocycles. The topological polar surface area (TPSA) is 0 Å². The first kappa shape index (κ1) is 11.9. The Balaban J connectivity index is 3.61. The third kappa shape index (κ3) is 7.24. The highest BCUT2D eigenvalue weighted by molar-refractivity contribution is 6.44. The van der Waals surface area contributed by atoms with Crippen molar-refractivity contribution in [3.05, 3.63) is 0 Å². The fourth-order valence-corrected chi connectivity index (χ4v) is 2.10. The van der Waals surface area contributed by atoms with E-state index in [1.54, 1.807) is 0 Å². The number of alkyl halides is 3. The Hall–Kier alpha value is 0.870. The normalized spacial score (nSPS) is 16.9. The lowest BCUT2D eigenvalue weighted by atomic mass is 10.0. The molecule has 0 bridgehead atoms. The van der Waals surface area contributed by atoms with Gasteiger partial charge in [-0.3, -0.25) is 0 Å². The van der Waals surface area contributed by atoms with Crippen molar-refractivity contribution in [3.63, 3.8) is 0 Å². The van der Waals surface area contributed by atoms with Gasteiger partial charge in [0.25, 0.3) is 0 Å². The Morgan fingerprint density at radius 2 is 1.91 bits per heavy atom. The molecule has 3 heteroatoms. The molecule has 1 atom stereocenters.